The Hall–Kier alpha value is -2.49. The third-order valence-electron chi connectivity index (χ3n) is 2.99. The van der Waals surface area contributed by atoms with Crippen molar-refractivity contribution in [3.05, 3.63) is 59.7 Å². The molecule has 2 aromatic carbocycles. The Morgan fingerprint density at radius 2 is 1.84 bits per heavy atom. The average molecular weight is 255 g/mol. The number of amides is 1. The lowest BCUT2D eigenvalue weighted by Gasteiger charge is -2.21. The van der Waals surface area contributed by atoms with Gasteiger partial charge in [0, 0.05) is 19.2 Å². The molecule has 0 saturated carbocycles. The second-order valence-electron chi connectivity index (χ2n) is 4.48. The van der Waals surface area contributed by atoms with E-state index in [1.807, 2.05) is 36.2 Å². The molecule has 0 aromatic heterocycles. The van der Waals surface area contributed by atoms with Gasteiger partial charge in [-0.05, 0) is 23.8 Å². The third-order valence-corrected chi connectivity index (χ3v) is 2.99. The zero-order valence-electron chi connectivity index (χ0n) is 10.8. The van der Waals surface area contributed by atoms with E-state index in [0.29, 0.717) is 11.3 Å². The van der Waals surface area contributed by atoms with Gasteiger partial charge in [0.2, 0.25) is 5.91 Å². The highest BCUT2D eigenvalue weighted by molar-refractivity contribution is 5.94. The molecule has 0 bridgehead atoms. The molecule has 0 aliphatic rings. The lowest BCUT2D eigenvalue weighted by atomic mass is 10.1. The SMILES string of the molecule is CN(Cc1ccccc1)c1ccc(C(N)=O)cc1N. The highest BCUT2D eigenvalue weighted by Crippen LogP contribution is 2.24. The van der Waals surface area contributed by atoms with E-state index in [4.69, 9.17) is 11.5 Å². The van der Waals surface area contributed by atoms with Crippen LogP contribution >= 0.6 is 0 Å². The lowest BCUT2D eigenvalue weighted by molar-refractivity contribution is 0.100. The summed E-state index contributed by atoms with van der Waals surface area (Å²) in [7, 11) is 1.96. The molecule has 0 heterocycles. The minimum Gasteiger partial charge on any atom is -0.397 e. The molecular weight excluding hydrogens is 238 g/mol. The molecule has 4 N–H and O–H groups in total. The van der Waals surface area contributed by atoms with E-state index >= 15 is 0 Å². The third kappa shape index (κ3) is 3.04. The number of nitrogens with two attached hydrogens (primary N) is 2. The molecule has 0 spiro atoms. The van der Waals surface area contributed by atoms with Gasteiger partial charge in [-0.15, -0.1) is 0 Å². The van der Waals surface area contributed by atoms with Crippen LogP contribution in [0.3, 0.4) is 0 Å². The fraction of sp³-hybridized carbons (Fsp3) is 0.133. The molecule has 0 aliphatic heterocycles. The summed E-state index contributed by atoms with van der Waals surface area (Å²) in [6, 6.07) is 15.2. The highest BCUT2D eigenvalue weighted by Gasteiger charge is 2.08. The molecule has 0 atom stereocenters. The summed E-state index contributed by atoms with van der Waals surface area (Å²) in [4.78, 5) is 13.1. The van der Waals surface area contributed by atoms with Crippen LogP contribution in [0, 0.1) is 0 Å². The van der Waals surface area contributed by atoms with Crippen molar-refractivity contribution in [2.24, 2.45) is 5.73 Å². The Balaban J connectivity index is 2.20. The van der Waals surface area contributed by atoms with Gasteiger partial charge in [0.1, 0.15) is 0 Å². The van der Waals surface area contributed by atoms with Crippen LogP contribution in [0.4, 0.5) is 11.4 Å². The van der Waals surface area contributed by atoms with Crippen molar-refractivity contribution >= 4 is 17.3 Å². The second kappa shape index (κ2) is 5.44. The van der Waals surface area contributed by atoms with Crippen molar-refractivity contribution in [1.82, 2.24) is 0 Å². The Labute approximate surface area is 112 Å². The number of primary amides is 1. The van der Waals surface area contributed by atoms with Crippen LogP contribution in [-0.4, -0.2) is 13.0 Å². The molecule has 0 unspecified atom stereocenters. The van der Waals surface area contributed by atoms with E-state index in [-0.39, 0.29) is 0 Å². The van der Waals surface area contributed by atoms with Gasteiger partial charge >= 0.3 is 0 Å². The molecule has 0 radical (unpaired) electrons. The number of hydrogen-bond donors (Lipinski definition) is 2. The Morgan fingerprint density at radius 3 is 2.42 bits per heavy atom. The number of anilines is 2. The molecular formula is C15H17N3O. The van der Waals surface area contributed by atoms with E-state index < -0.39 is 5.91 Å². The molecule has 0 saturated heterocycles. The van der Waals surface area contributed by atoms with Crippen LogP contribution in [0.15, 0.2) is 48.5 Å². The molecule has 98 valence electrons. The maximum absolute atomic E-state index is 11.1. The molecule has 2 aromatic rings. The van der Waals surface area contributed by atoms with E-state index in [0.717, 1.165) is 12.2 Å². The number of carbonyl (C=O) groups excluding carboxylic acids is 1. The maximum atomic E-state index is 11.1. The van der Waals surface area contributed by atoms with Crippen molar-refractivity contribution in [2.45, 2.75) is 6.54 Å². The molecule has 4 nitrogen and oxygen atoms in total. The van der Waals surface area contributed by atoms with Crippen molar-refractivity contribution in [1.29, 1.82) is 0 Å². The van der Waals surface area contributed by atoms with E-state index in [1.54, 1.807) is 12.1 Å². The van der Waals surface area contributed by atoms with Crippen molar-refractivity contribution < 1.29 is 4.79 Å². The zero-order chi connectivity index (χ0) is 13.8. The summed E-state index contributed by atoms with van der Waals surface area (Å²) in [6.07, 6.45) is 0. The first-order valence-electron chi connectivity index (χ1n) is 6.02. The van der Waals surface area contributed by atoms with Gasteiger partial charge in [-0.3, -0.25) is 4.79 Å². The Bertz CT molecular complexity index is 581. The first-order valence-corrected chi connectivity index (χ1v) is 6.02. The van der Waals surface area contributed by atoms with Gasteiger partial charge in [-0.25, -0.2) is 0 Å². The predicted octanol–water partition coefficient (Wildman–Crippen LogP) is 2.00. The van der Waals surface area contributed by atoms with Crippen LogP contribution in [0.1, 0.15) is 15.9 Å². The normalized spacial score (nSPS) is 10.2. The van der Waals surface area contributed by atoms with Crippen LogP contribution in [-0.2, 0) is 6.54 Å². The fourth-order valence-corrected chi connectivity index (χ4v) is 2.00. The van der Waals surface area contributed by atoms with E-state index in [2.05, 4.69) is 12.1 Å². The number of benzene rings is 2. The highest BCUT2D eigenvalue weighted by atomic mass is 16.1. The zero-order valence-corrected chi connectivity index (χ0v) is 10.8. The van der Waals surface area contributed by atoms with Gasteiger partial charge in [0.25, 0.3) is 0 Å². The van der Waals surface area contributed by atoms with Gasteiger partial charge in [0.05, 0.1) is 11.4 Å². The van der Waals surface area contributed by atoms with Gasteiger partial charge < -0.3 is 16.4 Å². The van der Waals surface area contributed by atoms with Gasteiger partial charge in [-0.2, -0.15) is 0 Å². The quantitative estimate of drug-likeness (QED) is 0.821. The molecule has 19 heavy (non-hydrogen) atoms. The predicted molar refractivity (Wildman–Crippen MR) is 77.9 cm³/mol. The number of nitrogens with zero attached hydrogens (tertiary/aromatic N) is 1. The maximum Gasteiger partial charge on any atom is 0.248 e. The molecule has 1 amide bonds. The molecule has 0 aliphatic carbocycles. The van der Waals surface area contributed by atoms with Crippen molar-refractivity contribution in [3.8, 4) is 0 Å². The Morgan fingerprint density at radius 1 is 1.16 bits per heavy atom. The van der Waals surface area contributed by atoms with E-state index in [1.165, 1.54) is 5.56 Å². The second-order valence-corrected chi connectivity index (χ2v) is 4.48. The van der Waals surface area contributed by atoms with Crippen molar-refractivity contribution in [3.63, 3.8) is 0 Å². The minimum atomic E-state index is -0.469. The molecule has 0 fully saturated rings. The number of carbonyl (C=O) groups is 1. The van der Waals surface area contributed by atoms with Crippen LogP contribution in [0.25, 0.3) is 0 Å². The summed E-state index contributed by atoms with van der Waals surface area (Å²) in [5, 5.41) is 0. The van der Waals surface area contributed by atoms with Gasteiger partial charge in [0.15, 0.2) is 0 Å². The lowest BCUT2D eigenvalue weighted by Crippen LogP contribution is -2.18. The molecule has 4 heteroatoms. The van der Waals surface area contributed by atoms with E-state index in [9.17, 15) is 4.79 Å². The monoisotopic (exact) mass is 255 g/mol. The average Bonchev–Trinajstić information content (AvgIpc) is 2.39. The smallest absolute Gasteiger partial charge is 0.248 e. The number of rotatable bonds is 4. The summed E-state index contributed by atoms with van der Waals surface area (Å²) in [5.41, 5.74) is 14.2. The topological polar surface area (TPSA) is 72.3 Å². The van der Waals surface area contributed by atoms with Crippen LogP contribution < -0.4 is 16.4 Å². The van der Waals surface area contributed by atoms with Crippen molar-refractivity contribution in [2.75, 3.05) is 17.7 Å². The first kappa shape index (κ1) is 13.0. The number of nitrogen functional groups attached to an aromatic ring is 1. The molecule has 2 rings (SSSR count). The summed E-state index contributed by atoms with van der Waals surface area (Å²) < 4.78 is 0. The first-order chi connectivity index (χ1) is 9.08. The summed E-state index contributed by atoms with van der Waals surface area (Å²) >= 11 is 0. The van der Waals surface area contributed by atoms with Gasteiger partial charge in [-0.1, -0.05) is 30.3 Å². The Kier molecular flexibility index (Phi) is 3.71. The summed E-state index contributed by atoms with van der Waals surface area (Å²) in [5.74, 6) is -0.469. The fourth-order valence-electron chi connectivity index (χ4n) is 2.00. The summed E-state index contributed by atoms with van der Waals surface area (Å²) in [6.45, 7) is 0.751. The largest absolute Gasteiger partial charge is 0.397 e. The van der Waals surface area contributed by atoms with Crippen LogP contribution in [0.2, 0.25) is 0 Å². The van der Waals surface area contributed by atoms with Crippen LogP contribution in [0.5, 0.6) is 0 Å². The number of hydrogen-bond acceptors (Lipinski definition) is 3. The minimum absolute atomic E-state index is 0.425. The standard InChI is InChI=1S/C15H17N3O/c1-18(10-11-5-3-2-4-6-11)14-8-7-12(15(17)19)9-13(14)16/h2-9H,10,16H2,1H3,(H2,17,19).